The van der Waals surface area contributed by atoms with Crippen LogP contribution in [0.5, 0.6) is 0 Å². The summed E-state index contributed by atoms with van der Waals surface area (Å²) in [6.45, 7) is 7.60. The summed E-state index contributed by atoms with van der Waals surface area (Å²) in [4.78, 5) is 0. The molecule has 0 amide bonds. The van der Waals surface area contributed by atoms with Crippen molar-refractivity contribution in [3.05, 3.63) is 40.7 Å². The summed E-state index contributed by atoms with van der Waals surface area (Å²) in [5.41, 5.74) is 2.49. The van der Waals surface area contributed by atoms with Gasteiger partial charge in [0.15, 0.2) is 0 Å². The summed E-state index contributed by atoms with van der Waals surface area (Å²) in [6.07, 6.45) is 2.02. The molecule has 0 saturated carbocycles. The first-order valence-corrected chi connectivity index (χ1v) is 7.82. The zero-order chi connectivity index (χ0) is 12.8. The number of hydrogen-bond donors (Lipinski definition) is 2. The first kappa shape index (κ1) is 20.3. The molecule has 0 aliphatic rings. The van der Waals surface area contributed by atoms with E-state index in [-0.39, 0.29) is 31.1 Å². The van der Waals surface area contributed by atoms with Crippen LogP contribution in [0.25, 0.3) is 0 Å². The Morgan fingerprint density at radius 3 is 1.88 bits per heavy atom. The van der Waals surface area contributed by atoms with Crippen LogP contribution < -0.4 is 0 Å². The van der Waals surface area contributed by atoms with Gasteiger partial charge in [0.2, 0.25) is 0 Å². The van der Waals surface area contributed by atoms with Crippen LogP contribution in [0, 0.1) is 58.0 Å². The van der Waals surface area contributed by atoms with Gasteiger partial charge in [0, 0.05) is 12.0 Å². The molecule has 2 N–H and O–H groups in total. The van der Waals surface area contributed by atoms with Crippen molar-refractivity contribution in [2.75, 3.05) is 12.0 Å². The maximum Gasteiger partial charge on any atom is 2.00 e. The van der Waals surface area contributed by atoms with Gasteiger partial charge >= 0.3 is 31.1 Å². The van der Waals surface area contributed by atoms with Gasteiger partial charge in [0.05, 0.1) is 0 Å². The average Bonchev–Trinajstić information content (AvgIpc) is 2.13. The maximum atomic E-state index is 8.62. The minimum absolute atomic E-state index is 0. The normalized spacial score (nSPS) is 11.0. The van der Waals surface area contributed by atoms with E-state index in [1.165, 1.54) is 21.9 Å². The second-order valence-electron chi connectivity index (χ2n) is 3.69. The van der Waals surface area contributed by atoms with Gasteiger partial charge in [-0.2, -0.15) is 24.6 Å². The zero-order valence-corrected chi connectivity index (χ0v) is 17.0. The number of halogens is 1. The Bertz CT molecular complexity index is 307. The Morgan fingerprint density at radius 2 is 1.71 bits per heavy atom. The van der Waals surface area contributed by atoms with Crippen molar-refractivity contribution in [3.63, 3.8) is 0 Å². The summed E-state index contributed by atoms with van der Waals surface area (Å²) in [6, 6.07) is 6.98. The molecular formula is C12H19BrO2SU. The Morgan fingerprint density at radius 1 is 1.29 bits per heavy atom. The van der Waals surface area contributed by atoms with E-state index < -0.39 is 10.6 Å². The van der Waals surface area contributed by atoms with Crippen LogP contribution in [-0.2, 0) is 0 Å². The van der Waals surface area contributed by atoms with Crippen molar-refractivity contribution >= 4 is 26.5 Å². The predicted octanol–water partition coefficient (Wildman–Crippen LogP) is 4.46. The summed E-state index contributed by atoms with van der Waals surface area (Å²) < 4.78 is 18.4. The van der Waals surface area contributed by atoms with E-state index in [0.29, 0.717) is 12.2 Å². The molecule has 5 heteroatoms. The minimum Gasteiger partial charge on any atom is -0.342 e. The van der Waals surface area contributed by atoms with Crippen molar-refractivity contribution < 1.29 is 40.2 Å². The van der Waals surface area contributed by atoms with Crippen LogP contribution in [0.1, 0.15) is 17.5 Å². The molecule has 17 heavy (non-hydrogen) atoms. The average molecular weight is 545 g/mol. The Balaban J connectivity index is 0. The molecule has 0 bridgehead atoms. The van der Waals surface area contributed by atoms with Crippen molar-refractivity contribution in [2.24, 2.45) is 0 Å². The standard InChI is InChI=1S/C8H8Br.C4H11O2S.U/c1-6-4-3-5-7(2)8(6)9;1-3-4-7(2,5)6;/h4-5H,1-2H3;5-6H,1,3-4H2,2H3;/q2*-1;+2. The van der Waals surface area contributed by atoms with Crippen molar-refractivity contribution in [3.8, 4) is 0 Å². The minimum atomic E-state index is -2.24. The maximum absolute atomic E-state index is 8.62. The van der Waals surface area contributed by atoms with Crippen LogP contribution in [0.15, 0.2) is 16.6 Å². The molecule has 0 saturated heterocycles. The van der Waals surface area contributed by atoms with E-state index in [1.54, 1.807) is 0 Å². The van der Waals surface area contributed by atoms with Gasteiger partial charge in [-0.1, -0.05) is 34.3 Å². The van der Waals surface area contributed by atoms with Crippen LogP contribution in [-0.4, -0.2) is 21.1 Å². The molecule has 0 radical (unpaired) electrons. The Kier molecular flexibility index (Phi) is 11.8. The number of aryl methyl sites for hydroxylation is 2. The third-order valence-electron chi connectivity index (χ3n) is 1.82. The van der Waals surface area contributed by atoms with Crippen molar-refractivity contribution in [1.82, 2.24) is 0 Å². The number of rotatable bonds is 2. The van der Waals surface area contributed by atoms with Gasteiger partial charge in [-0.25, -0.2) is 10.6 Å². The SMILES string of the molecule is Cc1c[c-]cc(C)c1Br.[CH2-]CCS(C)(O)O.[U+2]. The molecule has 2 nitrogen and oxygen atoms in total. The molecule has 0 unspecified atom stereocenters. The molecule has 0 heterocycles. The second-order valence-corrected chi connectivity index (χ2v) is 6.88. The van der Waals surface area contributed by atoms with Crippen LogP contribution in [0.3, 0.4) is 0 Å². The Labute approximate surface area is 138 Å². The van der Waals surface area contributed by atoms with E-state index in [2.05, 4.69) is 42.8 Å². The largest absolute Gasteiger partial charge is 2.00 e. The smallest absolute Gasteiger partial charge is 0.342 e. The van der Waals surface area contributed by atoms with Gasteiger partial charge in [-0.05, 0) is 0 Å². The molecule has 0 fully saturated rings. The Hall–Kier alpha value is 1.02. The molecule has 1 aromatic rings. The summed E-state index contributed by atoms with van der Waals surface area (Å²) >= 11 is 3.46. The van der Waals surface area contributed by atoms with Gasteiger partial charge in [0.1, 0.15) is 0 Å². The third kappa shape index (κ3) is 10.6. The topological polar surface area (TPSA) is 40.5 Å². The summed E-state index contributed by atoms with van der Waals surface area (Å²) in [5, 5.41) is 0. The van der Waals surface area contributed by atoms with Gasteiger partial charge in [0.25, 0.3) is 0 Å². The molecule has 0 spiro atoms. The first-order chi connectivity index (χ1) is 7.28. The molecule has 0 aliphatic carbocycles. The molecule has 0 aromatic heterocycles. The van der Waals surface area contributed by atoms with Crippen molar-refractivity contribution in [2.45, 2.75) is 20.3 Å². The summed E-state index contributed by atoms with van der Waals surface area (Å²) in [7, 11) is -2.24. The van der Waals surface area contributed by atoms with E-state index in [0.717, 1.165) is 0 Å². The number of benzene rings is 1. The fourth-order valence-electron chi connectivity index (χ4n) is 1.00. The van der Waals surface area contributed by atoms with Gasteiger partial charge < -0.3 is 6.92 Å². The van der Waals surface area contributed by atoms with Crippen LogP contribution in [0.4, 0.5) is 0 Å². The van der Waals surface area contributed by atoms with Crippen LogP contribution >= 0.6 is 26.5 Å². The monoisotopic (exact) mass is 544 g/mol. The van der Waals surface area contributed by atoms with E-state index in [1.807, 2.05) is 12.1 Å². The third-order valence-corrected chi connectivity index (χ3v) is 4.14. The second kappa shape index (κ2) is 9.89. The van der Waals surface area contributed by atoms with E-state index in [4.69, 9.17) is 9.11 Å². The fraction of sp³-hybridized carbons (Fsp3) is 0.417. The van der Waals surface area contributed by atoms with Gasteiger partial charge in [-0.15, -0.1) is 11.1 Å². The van der Waals surface area contributed by atoms with Crippen molar-refractivity contribution in [1.29, 1.82) is 0 Å². The first-order valence-electron chi connectivity index (χ1n) is 4.91. The quantitative estimate of drug-likeness (QED) is 0.540. The zero-order valence-electron chi connectivity index (χ0n) is 10.5. The molecule has 96 valence electrons. The molecule has 1 rings (SSSR count). The fourth-order valence-corrected chi connectivity index (χ4v) is 1.78. The predicted molar refractivity (Wildman–Crippen MR) is 76.1 cm³/mol. The molecule has 0 atom stereocenters. The molecular weight excluding hydrogens is 526 g/mol. The molecule has 1 aromatic carbocycles. The molecule has 0 aliphatic heterocycles. The van der Waals surface area contributed by atoms with Gasteiger partial charge in [-0.3, -0.25) is 9.11 Å². The summed E-state index contributed by atoms with van der Waals surface area (Å²) in [5.74, 6) is 0.424. The van der Waals surface area contributed by atoms with E-state index in [9.17, 15) is 0 Å². The van der Waals surface area contributed by atoms with Crippen LogP contribution in [0.2, 0.25) is 0 Å². The number of hydrogen-bond acceptors (Lipinski definition) is 2. The van der Waals surface area contributed by atoms with E-state index >= 15 is 0 Å².